The van der Waals surface area contributed by atoms with E-state index < -0.39 is 13.8 Å². The fraction of sp³-hybridized carbons (Fsp3) is 0.231. The van der Waals surface area contributed by atoms with Gasteiger partial charge in [-0.2, -0.15) is 0 Å². The number of esters is 1. The van der Waals surface area contributed by atoms with Gasteiger partial charge in [-0.05, 0) is 19.1 Å². The number of nitrogens with one attached hydrogen (secondary N) is 1. The number of hydrogen-bond acceptors (Lipinski definition) is 4. The number of amides is 1. The summed E-state index contributed by atoms with van der Waals surface area (Å²) in [5.41, 5.74) is 0.929. The maximum absolute atomic E-state index is 11.6. The summed E-state index contributed by atoms with van der Waals surface area (Å²) in [5, 5.41) is 2.65. The molecule has 9 heteroatoms. The van der Waals surface area contributed by atoms with Crippen molar-refractivity contribution in [1.29, 1.82) is 0 Å². The zero-order valence-electron chi connectivity index (χ0n) is 11.9. The average molecular weight is 331 g/mol. The third-order valence-corrected chi connectivity index (χ3v) is 2.01. The minimum atomic E-state index is -4.64. The number of ether oxygens (including phenoxy) is 1. The Morgan fingerprint density at radius 2 is 1.73 bits per heavy atom. The molecule has 0 heterocycles. The molecule has 0 aliphatic carbocycles. The highest BCUT2D eigenvalue weighted by atomic mass is 31.2. The smallest absolute Gasteiger partial charge is 0.460 e. The third kappa shape index (κ3) is 11.8. The molecule has 0 bridgehead atoms. The van der Waals surface area contributed by atoms with Crippen LogP contribution >= 0.6 is 7.82 Å². The van der Waals surface area contributed by atoms with E-state index in [4.69, 9.17) is 24.0 Å². The maximum Gasteiger partial charge on any atom is 0.466 e. The summed E-state index contributed by atoms with van der Waals surface area (Å²) < 4.78 is 13.7. The highest BCUT2D eigenvalue weighted by Gasteiger charge is 2.05. The predicted molar refractivity (Wildman–Crippen MR) is 78.8 cm³/mol. The van der Waals surface area contributed by atoms with E-state index in [0.29, 0.717) is 11.1 Å². The van der Waals surface area contributed by atoms with Crippen LogP contribution in [0.2, 0.25) is 0 Å². The van der Waals surface area contributed by atoms with E-state index in [-0.39, 0.29) is 19.1 Å². The fourth-order valence-electron chi connectivity index (χ4n) is 1.12. The minimum Gasteiger partial charge on any atom is -0.460 e. The van der Waals surface area contributed by atoms with Gasteiger partial charge in [-0.3, -0.25) is 4.79 Å². The van der Waals surface area contributed by atoms with Crippen LogP contribution in [0.5, 0.6) is 0 Å². The zero-order chi connectivity index (χ0) is 17.2. The zero-order valence-corrected chi connectivity index (χ0v) is 12.8. The lowest BCUT2D eigenvalue weighted by molar-refractivity contribution is -0.138. The monoisotopic (exact) mass is 331 g/mol. The molecule has 1 amide bonds. The van der Waals surface area contributed by atoms with Crippen molar-refractivity contribution in [3.05, 3.63) is 48.0 Å². The van der Waals surface area contributed by atoms with Gasteiger partial charge < -0.3 is 24.7 Å². The van der Waals surface area contributed by atoms with Gasteiger partial charge in [0.05, 0.1) is 6.54 Å². The van der Waals surface area contributed by atoms with Crippen molar-refractivity contribution < 1.29 is 33.6 Å². The number of rotatable bonds is 5. The largest absolute Gasteiger partial charge is 0.466 e. The van der Waals surface area contributed by atoms with Gasteiger partial charge in [-0.1, -0.05) is 24.8 Å². The topological polar surface area (TPSA) is 133 Å². The summed E-state index contributed by atoms with van der Waals surface area (Å²) in [6.45, 7) is 5.46. The summed E-state index contributed by atoms with van der Waals surface area (Å²) in [6, 6.07) is 8.85. The Hall–Kier alpha value is -1.99. The van der Waals surface area contributed by atoms with Crippen LogP contribution in [0.15, 0.2) is 42.5 Å². The molecule has 8 nitrogen and oxygen atoms in total. The molecule has 0 atom stereocenters. The summed E-state index contributed by atoms with van der Waals surface area (Å²) in [6.07, 6.45) is 0. The molecule has 0 aliphatic heterocycles. The molecule has 1 rings (SSSR count). The summed E-state index contributed by atoms with van der Waals surface area (Å²) in [5.74, 6) is -0.629. The van der Waals surface area contributed by atoms with Crippen LogP contribution in [-0.4, -0.2) is 39.7 Å². The Labute approximate surface area is 127 Å². The van der Waals surface area contributed by atoms with E-state index in [1.165, 1.54) is 0 Å². The van der Waals surface area contributed by atoms with Gasteiger partial charge >= 0.3 is 13.8 Å². The molecule has 0 spiro atoms. The van der Waals surface area contributed by atoms with E-state index in [1.54, 1.807) is 31.2 Å². The molecular weight excluding hydrogens is 313 g/mol. The molecule has 1 aromatic carbocycles. The van der Waals surface area contributed by atoms with Gasteiger partial charge in [0.25, 0.3) is 5.91 Å². The van der Waals surface area contributed by atoms with Crippen molar-refractivity contribution in [1.82, 2.24) is 5.32 Å². The number of carbonyl (C=O) groups excluding carboxylic acids is 2. The Kier molecular flexibility index (Phi) is 8.97. The van der Waals surface area contributed by atoms with Crippen molar-refractivity contribution in [2.75, 3.05) is 13.2 Å². The molecule has 1 aromatic rings. The van der Waals surface area contributed by atoms with Gasteiger partial charge in [0.15, 0.2) is 0 Å². The number of phosphoric acid groups is 1. The second kappa shape index (κ2) is 9.86. The Morgan fingerprint density at radius 1 is 1.23 bits per heavy atom. The van der Waals surface area contributed by atoms with E-state index in [1.807, 2.05) is 6.07 Å². The second-order valence-electron chi connectivity index (χ2n) is 4.05. The van der Waals surface area contributed by atoms with Gasteiger partial charge in [-0.15, -0.1) is 0 Å². The SMILES string of the molecule is C=C(C)C(=O)OCCNC(=O)c1ccccc1.O=P(O)(O)O. The van der Waals surface area contributed by atoms with Crippen LogP contribution in [0.1, 0.15) is 17.3 Å². The molecule has 0 saturated heterocycles. The highest BCUT2D eigenvalue weighted by molar-refractivity contribution is 7.45. The molecule has 0 fully saturated rings. The van der Waals surface area contributed by atoms with Crippen LogP contribution in [0.3, 0.4) is 0 Å². The number of hydrogen-bond donors (Lipinski definition) is 4. The summed E-state index contributed by atoms with van der Waals surface area (Å²) >= 11 is 0. The van der Waals surface area contributed by atoms with Crippen molar-refractivity contribution in [3.63, 3.8) is 0 Å². The Bertz CT molecular complexity index is 545. The van der Waals surface area contributed by atoms with E-state index >= 15 is 0 Å². The first-order valence-electron chi connectivity index (χ1n) is 6.05. The molecule has 22 heavy (non-hydrogen) atoms. The fourth-order valence-corrected chi connectivity index (χ4v) is 1.12. The van der Waals surface area contributed by atoms with Gasteiger partial charge in [0.1, 0.15) is 6.61 Å². The third-order valence-electron chi connectivity index (χ3n) is 2.01. The van der Waals surface area contributed by atoms with Crippen molar-refractivity contribution >= 4 is 19.7 Å². The van der Waals surface area contributed by atoms with E-state index in [0.717, 1.165) is 0 Å². The van der Waals surface area contributed by atoms with Crippen LogP contribution in [-0.2, 0) is 14.1 Å². The van der Waals surface area contributed by atoms with E-state index in [9.17, 15) is 9.59 Å². The standard InChI is InChI=1S/C13H15NO3.H3O4P/c1-10(2)13(16)17-9-8-14-12(15)11-6-4-3-5-7-11;1-5(2,3)4/h3-7H,1,8-9H2,2H3,(H,14,15);(H3,1,2,3,4). The van der Waals surface area contributed by atoms with Crippen molar-refractivity contribution in [2.24, 2.45) is 0 Å². The van der Waals surface area contributed by atoms with Crippen molar-refractivity contribution in [3.8, 4) is 0 Å². The molecule has 0 radical (unpaired) electrons. The highest BCUT2D eigenvalue weighted by Crippen LogP contribution is 2.25. The summed E-state index contributed by atoms with van der Waals surface area (Å²) in [4.78, 5) is 44.1. The van der Waals surface area contributed by atoms with Crippen molar-refractivity contribution in [2.45, 2.75) is 6.92 Å². The number of carbonyl (C=O) groups is 2. The first-order valence-corrected chi connectivity index (χ1v) is 7.62. The molecule has 122 valence electrons. The quantitative estimate of drug-likeness (QED) is 0.269. The first kappa shape index (κ1) is 20.0. The lowest BCUT2D eigenvalue weighted by Gasteiger charge is -2.06. The summed E-state index contributed by atoms with van der Waals surface area (Å²) in [7, 11) is -4.64. The maximum atomic E-state index is 11.6. The molecule has 4 N–H and O–H groups in total. The van der Waals surface area contributed by atoms with E-state index in [2.05, 4.69) is 11.9 Å². The van der Waals surface area contributed by atoms with Crippen LogP contribution in [0.4, 0.5) is 0 Å². The molecule has 0 aromatic heterocycles. The predicted octanol–water partition coefficient (Wildman–Crippen LogP) is 0.607. The van der Waals surface area contributed by atoms with Crippen LogP contribution < -0.4 is 5.32 Å². The lowest BCUT2D eigenvalue weighted by Crippen LogP contribution is -2.28. The van der Waals surface area contributed by atoms with Crippen LogP contribution in [0, 0.1) is 0 Å². The number of benzene rings is 1. The minimum absolute atomic E-state index is 0.143. The van der Waals surface area contributed by atoms with Crippen LogP contribution in [0.25, 0.3) is 0 Å². The first-order chi connectivity index (χ1) is 10.1. The molecule has 0 unspecified atom stereocenters. The molecule has 0 saturated carbocycles. The lowest BCUT2D eigenvalue weighted by atomic mass is 10.2. The molecule has 0 aliphatic rings. The average Bonchev–Trinajstić information content (AvgIpc) is 2.42. The second-order valence-corrected chi connectivity index (χ2v) is 5.08. The normalized spacial score (nSPS) is 10.0. The Morgan fingerprint density at radius 3 is 2.18 bits per heavy atom. The Balaban J connectivity index is 0.000000763. The van der Waals surface area contributed by atoms with Gasteiger partial charge in [0, 0.05) is 11.1 Å². The molecular formula is C13H18NO7P. The van der Waals surface area contributed by atoms with Gasteiger partial charge in [-0.25, -0.2) is 9.36 Å². The van der Waals surface area contributed by atoms with Gasteiger partial charge in [0.2, 0.25) is 0 Å².